The van der Waals surface area contributed by atoms with Crippen LogP contribution in [0.3, 0.4) is 0 Å². The Morgan fingerprint density at radius 2 is 1.85 bits per heavy atom. The molecule has 7 heteroatoms. The lowest BCUT2D eigenvalue weighted by Gasteiger charge is -2.09. The summed E-state index contributed by atoms with van der Waals surface area (Å²) in [6, 6.07) is 17.9. The minimum absolute atomic E-state index is 0.106. The molecule has 0 aliphatic heterocycles. The number of carbonyl (C=O) groups is 1. The molecule has 138 valence electrons. The topological polar surface area (TPSA) is 72.5 Å². The number of aromatic nitrogens is 1. The summed E-state index contributed by atoms with van der Waals surface area (Å²) in [7, 11) is 1.62. The summed E-state index contributed by atoms with van der Waals surface area (Å²) in [6.45, 7) is -0.106. The summed E-state index contributed by atoms with van der Waals surface area (Å²) in [5, 5.41) is 6.52. The van der Waals surface area contributed by atoms with Crippen molar-refractivity contribution >= 4 is 34.7 Å². The number of hydrogen-bond acceptors (Lipinski definition) is 5. The van der Waals surface area contributed by atoms with Crippen LogP contribution in [0.4, 0.5) is 17.2 Å². The van der Waals surface area contributed by atoms with Crippen LogP contribution >= 0.6 is 11.6 Å². The molecular formula is C20H18ClN3O3. The summed E-state index contributed by atoms with van der Waals surface area (Å²) in [5.41, 5.74) is 1.44. The van der Waals surface area contributed by atoms with E-state index in [1.807, 2.05) is 24.3 Å². The highest BCUT2D eigenvalue weighted by Crippen LogP contribution is 2.21. The second kappa shape index (κ2) is 8.91. The quantitative estimate of drug-likeness (QED) is 0.628. The lowest BCUT2D eigenvalue weighted by Crippen LogP contribution is -2.20. The number of benzene rings is 2. The van der Waals surface area contributed by atoms with Gasteiger partial charge in [-0.1, -0.05) is 17.7 Å². The van der Waals surface area contributed by atoms with Crippen LogP contribution in [0, 0.1) is 0 Å². The molecule has 2 aromatic carbocycles. The molecule has 0 saturated heterocycles. The molecule has 0 spiro atoms. The Kier molecular flexibility index (Phi) is 6.12. The van der Waals surface area contributed by atoms with E-state index in [4.69, 9.17) is 21.1 Å². The van der Waals surface area contributed by atoms with Gasteiger partial charge in [0.05, 0.1) is 19.0 Å². The van der Waals surface area contributed by atoms with Crippen molar-refractivity contribution in [1.82, 2.24) is 4.98 Å². The molecule has 0 radical (unpaired) electrons. The largest absolute Gasteiger partial charge is 0.497 e. The third kappa shape index (κ3) is 5.62. The minimum atomic E-state index is -0.278. The number of methoxy groups -OCH3 is 1. The van der Waals surface area contributed by atoms with Gasteiger partial charge in [0.1, 0.15) is 17.3 Å². The van der Waals surface area contributed by atoms with E-state index < -0.39 is 0 Å². The molecule has 27 heavy (non-hydrogen) atoms. The molecule has 0 bridgehead atoms. The van der Waals surface area contributed by atoms with Crippen LogP contribution in [0.1, 0.15) is 0 Å². The number of nitrogens with one attached hydrogen (secondary N) is 2. The van der Waals surface area contributed by atoms with Crippen molar-refractivity contribution in [2.45, 2.75) is 0 Å². The Bertz CT molecular complexity index is 899. The molecule has 0 aliphatic carbocycles. The summed E-state index contributed by atoms with van der Waals surface area (Å²) < 4.78 is 10.6. The standard InChI is InChI=1S/C20H18ClN3O3/c1-26-18-4-2-3-15(11-18)23-19-10-7-16(12-22-19)24-20(25)13-27-17-8-5-14(21)6-9-17/h2-12H,13H2,1H3,(H,22,23)(H,24,25). The Labute approximate surface area is 162 Å². The first kappa shape index (κ1) is 18.5. The van der Waals surface area contributed by atoms with E-state index in [-0.39, 0.29) is 12.5 Å². The van der Waals surface area contributed by atoms with Crippen molar-refractivity contribution in [3.8, 4) is 11.5 Å². The van der Waals surface area contributed by atoms with Crippen LogP contribution in [0.25, 0.3) is 0 Å². The van der Waals surface area contributed by atoms with Gasteiger partial charge in [-0.05, 0) is 48.5 Å². The first-order valence-electron chi connectivity index (χ1n) is 8.18. The number of halogens is 1. The van der Waals surface area contributed by atoms with Crippen LogP contribution in [0.15, 0.2) is 66.9 Å². The summed E-state index contributed by atoms with van der Waals surface area (Å²) in [5.74, 6) is 1.70. The predicted molar refractivity (Wildman–Crippen MR) is 106 cm³/mol. The van der Waals surface area contributed by atoms with Crippen LogP contribution in [-0.4, -0.2) is 24.6 Å². The van der Waals surface area contributed by atoms with E-state index in [0.29, 0.717) is 22.3 Å². The van der Waals surface area contributed by atoms with Crippen molar-refractivity contribution in [2.24, 2.45) is 0 Å². The smallest absolute Gasteiger partial charge is 0.262 e. The number of hydrogen-bond donors (Lipinski definition) is 2. The third-order valence-electron chi connectivity index (χ3n) is 3.57. The Balaban J connectivity index is 1.52. The number of pyridine rings is 1. The molecule has 3 aromatic rings. The molecule has 3 rings (SSSR count). The average Bonchev–Trinajstić information content (AvgIpc) is 2.69. The molecule has 1 aromatic heterocycles. The summed E-state index contributed by atoms with van der Waals surface area (Å²) >= 11 is 5.81. The van der Waals surface area contributed by atoms with Gasteiger partial charge in [-0.3, -0.25) is 4.79 Å². The van der Waals surface area contributed by atoms with E-state index in [1.54, 1.807) is 49.7 Å². The first-order valence-corrected chi connectivity index (χ1v) is 8.55. The molecule has 0 fully saturated rings. The number of amides is 1. The van der Waals surface area contributed by atoms with Gasteiger partial charge >= 0.3 is 0 Å². The van der Waals surface area contributed by atoms with Gasteiger partial charge in [0.25, 0.3) is 5.91 Å². The van der Waals surface area contributed by atoms with E-state index >= 15 is 0 Å². The minimum Gasteiger partial charge on any atom is -0.497 e. The third-order valence-corrected chi connectivity index (χ3v) is 3.82. The van der Waals surface area contributed by atoms with E-state index in [0.717, 1.165) is 11.4 Å². The zero-order valence-corrected chi connectivity index (χ0v) is 15.4. The predicted octanol–water partition coefficient (Wildman–Crippen LogP) is 4.50. The molecule has 2 N–H and O–H groups in total. The van der Waals surface area contributed by atoms with Gasteiger partial charge < -0.3 is 20.1 Å². The number of nitrogens with zero attached hydrogens (tertiary/aromatic N) is 1. The highest BCUT2D eigenvalue weighted by Gasteiger charge is 2.05. The lowest BCUT2D eigenvalue weighted by atomic mass is 10.3. The van der Waals surface area contributed by atoms with Crippen molar-refractivity contribution in [3.63, 3.8) is 0 Å². The van der Waals surface area contributed by atoms with Crippen LogP contribution < -0.4 is 20.1 Å². The van der Waals surface area contributed by atoms with Crippen LogP contribution in [0.2, 0.25) is 5.02 Å². The number of ether oxygens (including phenoxy) is 2. The SMILES string of the molecule is COc1cccc(Nc2ccc(NC(=O)COc3ccc(Cl)cc3)cn2)c1. The molecule has 0 unspecified atom stereocenters. The fourth-order valence-corrected chi connectivity index (χ4v) is 2.39. The molecule has 0 atom stereocenters. The Morgan fingerprint density at radius 3 is 2.56 bits per heavy atom. The molecule has 1 heterocycles. The first-order chi connectivity index (χ1) is 13.1. The Hall–Kier alpha value is -3.25. The average molecular weight is 384 g/mol. The number of rotatable bonds is 7. The van der Waals surface area contributed by atoms with E-state index in [9.17, 15) is 4.79 Å². The van der Waals surface area contributed by atoms with Crippen LogP contribution in [0.5, 0.6) is 11.5 Å². The van der Waals surface area contributed by atoms with Gasteiger partial charge in [0.15, 0.2) is 6.61 Å². The molecular weight excluding hydrogens is 366 g/mol. The van der Waals surface area contributed by atoms with Gasteiger partial charge in [-0.25, -0.2) is 4.98 Å². The lowest BCUT2D eigenvalue weighted by molar-refractivity contribution is -0.118. The van der Waals surface area contributed by atoms with Crippen molar-refractivity contribution in [3.05, 3.63) is 71.9 Å². The second-order valence-electron chi connectivity index (χ2n) is 5.58. The monoisotopic (exact) mass is 383 g/mol. The van der Waals surface area contributed by atoms with Crippen LogP contribution in [-0.2, 0) is 4.79 Å². The van der Waals surface area contributed by atoms with E-state index in [2.05, 4.69) is 15.6 Å². The maximum atomic E-state index is 12.0. The van der Waals surface area contributed by atoms with Gasteiger partial charge in [0, 0.05) is 16.8 Å². The number of carbonyl (C=O) groups excluding carboxylic acids is 1. The normalized spacial score (nSPS) is 10.1. The molecule has 6 nitrogen and oxygen atoms in total. The molecule has 0 aliphatic rings. The fraction of sp³-hybridized carbons (Fsp3) is 0.100. The fourth-order valence-electron chi connectivity index (χ4n) is 2.27. The highest BCUT2D eigenvalue weighted by atomic mass is 35.5. The van der Waals surface area contributed by atoms with E-state index in [1.165, 1.54) is 0 Å². The van der Waals surface area contributed by atoms with Crippen molar-refractivity contribution in [1.29, 1.82) is 0 Å². The maximum Gasteiger partial charge on any atom is 0.262 e. The van der Waals surface area contributed by atoms with Crippen molar-refractivity contribution < 1.29 is 14.3 Å². The highest BCUT2D eigenvalue weighted by molar-refractivity contribution is 6.30. The zero-order valence-electron chi connectivity index (χ0n) is 14.6. The maximum absolute atomic E-state index is 12.0. The second-order valence-corrected chi connectivity index (χ2v) is 6.02. The van der Waals surface area contributed by atoms with Gasteiger partial charge in [-0.2, -0.15) is 0 Å². The van der Waals surface area contributed by atoms with Crippen molar-refractivity contribution in [2.75, 3.05) is 24.4 Å². The summed E-state index contributed by atoms with van der Waals surface area (Å²) in [4.78, 5) is 16.3. The molecule has 1 amide bonds. The summed E-state index contributed by atoms with van der Waals surface area (Å²) in [6.07, 6.45) is 1.57. The van der Waals surface area contributed by atoms with Gasteiger partial charge in [-0.15, -0.1) is 0 Å². The Morgan fingerprint density at radius 1 is 1.04 bits per heavy atom. The number of anilines is 3. The zero-order chi connectivity index (χ0) is 19.1. The van der Waals surface area contributed by atoms with Gasteiger partial charge in [0.2, 0.25) is 0 Å². The molecule has 0 saturated carbocycles.